The number of hydrogen-bond donors (Lipinski definition) is 2. The van der Waals surface area contributed by atoms with Gasteiger partial charge < -0.3 is 10.2 Å². The van der Waals surface area contributed by atoms with E-state index < -0.39 is 11.9 Å². The van der Waals surface area contributed by atoms with Gasteiger partial charge in [-0.1, -0.05) is 71.3 Å². The second-order valence-electron chi connectivity index (χ2n) is 8.18. The van der Waals surface area contributed by atoms with E-state index in [1.165, 1.54) is 6.42 Å². The zero-order valence-electron chi connectivity index (χ0n) is 18.1. The Hall–Kier alpha value is -1.91. The number of carbonyl (C=O) groups is 3. The van der Waals surface area contributed by atoms with Crippen molar-refractivity contribution in [2.75, 3.05) is 0 Å². The predicted molar refractivity (Wildman–Crippen MR) is 115 cm³/mol. The van der Waals surface area contributed by atoms with Gasteiger partial charge >= 0.3 is 11.9 Å². The fourth-order valence-electron chi connectivity index (χ4n) is 4.08. The molecule has 0 aromatic rings. The summed E-state index contributed by atoms with van der Waals surface area (Å²) in [6.45, 7) is 4.16. The maximum absolute atomic E-state index is 12.6. The van der Waals surface area contributed by atoms with Gasteiger partial charge in [-0.05, 0) is 43.3 Å². The number of ketones is 1. The van der Waals surface area contributed by atoms with Crippen molar-refractivity contribution in [3.05, 3.63) is 23.3 Å². The number of rotatable bonds is 16. The number of carbonyl (C=O) groups excluding carboxylic acids is 1. The third kappa shape index (κ3) is 9.42. The Bertz CT molecular complexity index is 602. The molecule has 0 bridgehead atoms. The normalized spacial score (nSPS) is 17.6. The summed E-state index contributed by atoms with van der Waals surface area (Å²) in [5.41, 5.74) is 1.02. The van der Waals surface area contributed by atoms with Crippen molar-refractivity contribution in [1.29, 1.82) is 0 Å². The molecule has 2 N–H and O–H groups in total. The van der Waals surface area contributed by atoms with Gasteiger partial charge in [0.15, 0.2) is 5.78 Å². The van der Waals surface area contributed by atoms with E-state index in [0.29, 0.717) is 24.0 Å². The van der Waals surface area contributed by atoms with Crippen molar-refractivity contribution in [3.8, 4) is 0 Å². The summed E-state index contributed by atoms with van der Waals surface area (Å²) in [4.78, 5) is 35.1. The molecule has 0 amide bonds. The van der Waals surface area contributed by atoms with Gasteiger partial charge in [0.1, 0.15) is 0 Å². The summed E-state index contributed by atoms with van der Waals surface area (Å²) >= 11 is 0. The lowest BCUT2D eigenvalue weighted by atomic mass is 9.78. The fraction of sp³-hybridized carbons (Fsp3) is 0.708. The molecule has 0 spiro atoms. The first-order valence-corrected chi connectivity index (χ1v) is 11.3. The van der Waals surface area contributed by atoms with E-state index in [9.17, 15) is 19.5 Å². The SMILES string of the molecule is CCCCCCC(CCCCCCC(=O)O)C1=CC(=O)C(CCC)C=C1C(=O)O. The lowest BCUT2D eigenvalue weighted by molar-refractivity contribution is -0.137. The van der Waals surface area contributed by atoms with Gasteiger partial charge in [-0.3, -0.25) is 9.59 Å². The highest BCUT2D eigenvalue weighted by Crippen LogP contribution is 2.34. The molecule has 1 aliphatic rings. The molecule has 0 saturated heterocycles. The smallest absolute Gasteiger partial charge is 0.335 e. The largest absolute Gasteiger partial charge is 0.481 e. The van der Waals surface area contributed by atoms with E-state index in [1.54, 1.807) is 12.2 Å². The van der Waals surface area contributed by atoms with E-state index >= 15 is 0 Å². The summed E-state index contributed by atoms with van der Waals surface area (Å²) in [6.07, 6.45) is 14.6. The third-order valence-electron chi connectivity index (χ3n) is 5.71. The first-order chi connectivity index (χ1) is 13.9. The van der Waals surface area contributed by atoms with Gasteiger partial charge in [0.2, 0.25) is 0 Å². The van der Waals surface area contributed by atoms with Crippen molar-refractivity contribution >= 4 is 17.7 Å². The molecule has 2 atom stereocenters. The van der Waals surface area contributed by atoms with E-state index in [4.69, 9.17) is 5.11 Å². The minimum atomic E-state index is -0.940. The molecule has 0 heterocycles. The molecule has 0 aromatic carbocycles. The fourth-order valence-corrected chi connectivity index (χ4v) is 4.08. The molecule has 0 saturated carbocycles. The summed E-state index contributed by atoms with van der Waals surface area (Å²) in [5.74, 6) is -1.90. The number of aliphatic carboxylic acids is 2. The maximum Gasteiger partial charge on any atom is 0.335 e. The van der Waals surface area contributed by atoms with Crippen LogP contribution < -0.4 is 0 Å². The number of allylic oxidation sites excluding steroid dienone is 2. The average molecular weight is 407 g/mol. The van der Waals surface area contributed by atoms with Crippen LogP contribution >= 0.6 is 0 Å². The molecule has 0 aliphatic heterocycles. The maximum atomic E-state index is 12.6. The van der Waals surface area contributed by atoms with E-state index in [1.807, 2.05) is 6.92 Å². The highest BCUT2D eigenvalue weighted by atomic mass is 16.4. The Morgan fingerprint density at radius 1 is 0.931 bits per heavy atom. The molecule has 164 valence electrons. The number of hydrogen-bond acceptors (Lipinski definition) is 3. The van der Waals surface area contributed by atoms with Crippen LogP contribution in [0.25, 0.3) is 0 Å². The average Bonchev–Trinajstić information content (AvgIpc) is 2.67. The van der Waals surface area contributed by atoms with Crippen LogP contribution in [0.2, 0.25) is 0 Å². The monoisotopic (exact) mass is 406 g/mol. The molecule has 2 unspecified atom stereocenters. The molecule has 0 aromatic heterocycles. The van der Waals surface area contributed by atoms with Crippen molar-refractivity contribution in [2.24, 2.45) is 11.8 Å². The van der Waals surface area contributed by atoms with Gasteiger partial charge in [-0.2, -0.15) is 0 Å². The quantitative estimate of drug-likeness (QED) is 0.310. The lowest BCUT2D eigenvalue weighted by Gasteiger charge is -2.26. The molecule has 5 heteroatoms. The molecule has 1 aliphatic carbocycles. The zero-order valence-corrected chi connectivity index (χ0v) is 18.1. The molecular formula is C24H38O5. The van der Waals surface area contributed by atoms with Gasteiger partial charge in [-0.25, -0.2) is 4.79 Å². The van der Waals surface area contributed by atoms with Crippen LogP contribution in [0.15, 0.2) is 23.3 Å². The van der Waals surface area contributed by atoms with E-state index in [2.05, 4.69) is 6.92 Å². The highest BCUT2D eigenvalue weighted by molar-refractivity contribution is 6.02. The molecule has 29 heavy (non-hydrogen) atoms. The minimum Gasteiger partial charge on any atom is -0.481 e. The Kier molecular flexibility index (Phi) is 12.2. The summed E-state index contributed by atoms with van der Waals surface area (Å²) in [7, 11) is 0. The minimum absolute atomic E-state index is 0.0341. The topological polar surface area (TPSA) is 91.7 Å². The van der Waals surface area contributed by atoms with Crippen LogP contribution in [0, 0.1) is 11.8 Å². The molecular weight excluding hydrogens is 368 g/mol. The van der Waals surface area contributed by atoms with E-state index in [0.717, 1.165) is 57.8 Å². The van der Waals surface area contributed by atoms with Gasteiger partial charge in [0.05, 0.1) is 5.57 Å². The highest BCUT2D eigenvalue weighted by Gasteiger charge is 2.29. The number of unbranched alkanes of at least 4 members (excludes halogenated alkanes) is 6. The van der Waals surface area contributed by atoms with Crippen LogP contribution in [0.3, 0.4) is 0 Å². The standard InChI is InChI=1S/C24H38O5/c1-3-5-6-9-13-18(14-10-7-8-11-15-23(26)27)20-17-22(25)19(12-4-2)16-21(20)24(28)29/h16-19H,3-15H2,1-2H3,(H,26,27)(H,28,29). The Morgan fingerprint density at radius 3 is 2.10 bits per heavy atom. The van der Waals surface area contributed by atoms with Crippen LogP contribution in [0.5, 0.6) is 0 Å². The van der Waals surface area contributed by atoms with Crippen molar-refractivity contribution in [2.45, 2.75) is 97.3 Å². The predicted octanol–water partition coefficient (Wildman–Crippen LogP) is 5.93. The second kappa shape index (κ2) is 14.1. The van der Waals surface area contributed by atoms with Crippen LogP contribution in [-0.4, -0.2) is 27.9 Å². The molecule has 5 nitrogen and oxygen atoms in total. The van der Waals surface area contributed by atoms with Gasteiger partial charge in [0.25, 0.3) is 0 Å². The number of carboxylic acids is 2. The first kappa shape index (κ1) is 25.1. The first-order valence-electron chi connectivity index (χ1n) is 11.3. The van der Waals surface area contributed by atoms with Crippen LogP contribution in [0.4, 0.5) is 0 Å². The Morgan fingerprint density at radius 2 is 1.55 bits per heavy atom. The van der Waals surface area contributed by atoms with Crippen LogP contribution in [0.1, 0.15) is 97.3 Å². The number of carboxylic acid groups (broad SMARTS) is 2. The second-order valence-corrected chi connectivity index (χ2v) is 8.18. The summed E-state index contributed by atoms with van der Waals surface area (Å²) in [5, 5.41) is 18.5. The van der Waals surface area contributed by atoms with Crippen molar-refractivity contribution < 1.29 is 24.6 Å². The Labute approximate surface area is 175 Å². The molecule has 1 rings (SSSR count). The summed E-state index contributed by atoms with van der Waals surface area (Å²) < 4.78 is 0. The molecule has 0 fully saturated rings. The van der Waals surface area contributed by atoms with Gasteiger partial charge in [-0.15, -0.1) is 0 Å². The van der Waals surface area contributed by atoms with Crippen molar-refractivity contribution in [1.82, 2.24) is 0 Å². The zero-order chi connectivity index (χ0) is 21.6. The van der Waals surface area contributed by atoms with E-state index in [-0.39, 0.29) is 24.0 Å². The van der Waals surface area contributed by atoms with Crippen LogP contribution in [-0.2, 0) is 14.4 Å². The summed E-state index contributed by atoms with van der Waals surface area (Å²) in [6, 6.07) is 0. The molecule has 0 radical (unpaired) electrons. The lowest BCUT2D eigenvalue weighted by Crippen LogP contribution is -2.23. The van der Waals surface area contributed by atoms with Gasteiger partial charge in [0, 0.05) is 12.3 Å². The Balaban J connectivity index is 2.81. The third-order valence-corrected chi connectivity index (χ3v) is 5.71. The van der Waals surface area contributed by atoms with Crippen molar-refractivity contribution in [3.63, 3.8) is 0 Å².